The van der Waals surface area contributed by atoms with Crippen molar-refractivity contribution in [3.8, 4) is 0 Å². The van der Waals surface area contributed by atoms with Crippen LogP contribution < -0.4 is 5.32 Å². The number of hydrogen-bond acceptors (Lipinski definition) is 3. The fourth-order valence-corrected chi connectivity index (χ4v) is 3.28. The van der Waals surface area contributed by atoms with Crippen LogP contribution in [-0.2, 0) is 4.79 Å². The molecule has 0 saturated carbocycles. The van der Waals surface area contributed by atoms with Gasteiger partial charge in [0.25, 0.3) is 5.91 Å². The molecular formula is C18H25FN2O3. The third-order valence-corrected chi connectivity index (χ3v) is 4.68. The molecule has 2 rings (SSSR count). The van der Waals surface area contributed by atoms with E-state index in [0.717, 1.165) is 12.8 Å². The Morgan fingerprint density at radius 3 is 2.62 bits per heavy atom. The van der Waals surface area contributed by atoms with E-state index in [1.807, 2.05) is 0 Å². The summed E-state index contributed by atoms with van der Waals surface area (Å²) in [6.45, 7) is 3.50. The van der Waals surface area contributed by atoms with Gasteiger partial charge in [-0.15, -0.1) is 0 Å². The van der Waals surface area contributed by atoms with Crippen LogP contribution in [0.4, 0.5) is 4.39 Å². The third kappa shape index (κ3) is 4.77. The van der Waals surface area contributed by atoms with Gasteiger partial charge < -0.3 is 15.3 Å². The average Bonchev–Trinajstić information content (AvgIpc) is 2.60. The topological polar surface area (TPSA) is 69.6 Å². The molecule has 2 atom stereocenters. The number of carbonyl (C=O) groups excluding carboxylic acids is 2. The number of carbonyl (C=O) groups is 2. The van der Waals surface area contributed by atoms with Gasteiger partial charge in [0, 0.05) is 31.6 Å². The number of hydrogen-bond donors (Lipinski definition) is 2. The number of aliphatic hydroxyl groups is 1. The maximum absolute atomic E-state index is 13.0. The van der Waals surface area contributed by atoms with Crippen LogP contribution in [0.2, 0.25) is 0 Å². The van der Waals surface area contributed by atoms with Gasteiger partial charge in [0.1, 0.15) is 5.82 Å². The van der Waals surface area contributed by atoms with Crippen molar-refractivity contribution in [2.24, 2.45) is 11.8 Å². The van der Waals surface area contributed by atoms with Gasteiger partial charge in [0.05, 0.1) is 6.61 Å². The molecule has 2 amide bonds. The molecule has 1 fully saturated rings. The normalized spacial score (nSPS) is 20.7. The minimum atomic E-state index is -0.356. The molecule has 1 aliphatic rings. The van der Waals surface area contributed by atoms with Crippen molar-refractivity contribution in [1.29, 1.82) is 0 Å². The van der Waals surface area contributed by atoms with E-state index in [9.17, 15) is 14.0 Å². The molecule has 5 nitrogen and oxygen atoms in total. The Labute approximate surface area is 141 Å². The molecule has 24 heavy (non-hydrogen) atoms. The molecule has 0 aliphatic carbocycles. The summed E-state index contributed by atoms with van der Waals surface area (Å²) in [7, 11) is 0. The zero-order valence-corrected chi connectivity index (χ0v) is 14.0. The monoisotopic (exact) mass is 336 g/mol. The highest BCUT2D eigenvalue weighted by Gasteiger charge is 2.31. The van der Waals surface area contributed by atoms with E-state index in [1.54, 1.807) is 4.90 Å². The van der Waals surface area contributed by atoms with Crippen LogP contribution >= 0.6 is 0 Å². The van der Waals surface area contributed by atoms with Gasteiger partial charge in [-0.05, 0) is 42.5 Å². The van der Waals surface area contributed by atoms with E-state index in [1.165, 1.54) is 24.3 Å². The molecule has 1 heterocycles. The second kappa shape index (κ2) is 8.78. The molecule has 1 aliphatic heterocycles. The fourth-order valence-electron chi connectivity index (χ4n) is 3.28. The largest absolute Gasteiger partial charge is 0.395 e. The lowest BCUT2D eigenvalue weighted by molar-refractivity contribution is -0.123. The van der Waals surface area contributed by atoms with Crippen LogP contribution in [0.25, 0.3) is 0 Å². The summed E-state index contributed by atoms with van der Waals surface area (Å²) < 4.78 is 13.0. The van der Waals surface area contributed by atoms with E-state index in [-0.39, 0.29) is 42.6 Å². The Balaban J connectivity index is 1.95. The van der Waals surface area contributed by atoms with Crippen LogP contribution in [-0.4, -0.2) is 48.1 Å². The molecule has 1 aromatic carbocycles. The highest BCUT2D eigenvalue weighted by molar-refractivity contribution is 5.94. The zero-order chi connectivity index (χ0) is 17.5. The highest BCUT2D eigenvalue weighted by atomic mass is 19.1. The number of halogens is 1. The standard InChI is InChI=1S/C18H25FN2O3/c1-2-13-12-21(18(24)14-3-5-16(19)6-4-14)9-7-15(13)11-17(23)20-8-10-22/h3-6,13,15,22H,2,7-12H2,1H3,(H,20,23)/t13-,15-/m0/s1. The van der Waals surface area contributed by atoms with Crippen LogP contribution in [0.3, 0.4) is 0 Å². The smallest absolute Gasteiger partial charge is 0.253 e. The summed E-state index contributed by atoms with van der Waals surface area (Å²) in [4.78, 5) is 26.2. The molecule has 0 aromatic heterocycles. The van der Waals surface area contributed by atoms with Crippen LogP contribution in [0.15, 0.2) is 24.3 Å². The molecule has 0 unspecified atom stereocenters. The second-order valence-electron chi connectivity index (χ2n) is 6.25. The first-order valence-electron chi connectivity index (χ1n) is 8.47. The van der Waals surface area contributed by atoms with Crippen molar-refractivity contribution < 1.29 is 19.1 Å². The first-order valence-corrected chi connectivity index (χ1v) is 8.47. The molecule has 132 valence electrons. The SMILES string of the molecule is CC[C@H]1CN(C(=O)c2ccc(F)cc2)CC[C@H]1CC(=O)NCCO. The lowest BCUT2D eigenvalue weighted by Gasteiger charge is -2.38. The summed E-state index contributed by atoms with van der Waals surface area (Å²) in [5.74, 6) is 0.0158. The zero-order valence-electron chi connectivity index (χ0n) is 14.0. The van der Waals surface area contributed by atoms with Crippen molar-refractivity contribution in [1.82, 2.24) is 10.2 Å². The van der Waals surface area contributed by atoms with Gasteiger partial charge in [-0.1, -0.05) is 13.3 Å². The molecule has 0 bridgehead atoms. The Hall–Kier alpha value is -1.95. The summed E-state index contributed by atoms with van der Waals surface area (Å²) >= 11 is 0. The molecule has 1 aromatic rings. The first-order chi connectivity index (χ1) is 11.5. The van der Waals surface area contributed by atoms with E-state index in [4.69, 9.17) is 5.11 Å². The molecule has 6 heteroatoms. The number of benzene rings is 1. The number of aliphatic hydroxyl groups excluding tert-OH is 1. The van der Waals surface area contributed by atoms with E-state index in [0.29, 0.717) is 25.1 Å². The predicted octanol–water partition coefficient (Wildman–Crippen LogP) is 1.81. The van der Waals surface area contributed by atoms with Crippen molar-refractivity contribution in [2.75, 3.05) is 26.2 Å². The van der Waals surface area contributed by atoms with Crippen LogP contribution in [0.1, 0.15) is 36.5 Å². The Morgan fingerprint density at radius 1 is 1.29 bits per heavy atom. The van der Waals surface area contributed by atoms with Crippen LogP contribution in [0, 0.1) is 17.7 Å². The molecule has 1 saturated heterocycles. The number of likely N-dealkylation sites (tertiary alicyclic amines) is 1. The minimum Gasteiger partial charge on any atom is -0.395 e. The molecule has 2 N–H and O–H groups in total. The number of nitrogens with one attached hydrogen (secondary N) is 1. The number of amides is 2. The van der Waals surface area contributed by atoms with Gasteiger partial charge in [0.15, 0.2) is 0 Å². The van der Waals surface area contributed by atoms with E-state index < -0.39 is 0 Å². The van der Waals surface area contributed by atoms with Gasteiger partial charge in [-0.3, -0.25) is 9.59 Å². The summed E-state index contributed by atoms with van der Waals surface area (Å²) in [6.07, 6.45) is 2.10. The van der Waals surface area contributed by atoms with Crippen LogP contribution in [0.5, 0.6) is 0 Å². The maximum atomic E-state index is 13.0. The van der Waals surface area contributed by atoms with Crippen molar-refractivity contribution in [3.63, 3.8) is 0 Å². The number of nitrogens with zero attached hydrogens (tertiary/aromatic N) is 1. The second-order valence-corrected chi connectivity index (χ2v) is 6.25. The van der Waals surface area contributed by atoms with E-state index >= 15 is 0 Å². The Morgan fingerprint density at radius 2 is 2.00 bits per heavy atom. The van der Waals surface area contributed by atoms with Crippen molar-refractivity contribution in [3.05, 3.63) is 35.6 Å². The summed E-state index contributed by atoms with van der Waals surface area (Å²) in [5, 5.41) is 11.4. The van der Waals surface area contributed by atoms with Gasteiger partial charge >= 0.3 is 0 Å². The van der Waals surface area contributed by atoms with E-state index in [2.05, 4.69) is 12.2 Å². The lowest BCUT2D eigenvalue weighted by Crippen LogP contribution is -2.45. The predicted molar refractivity (Wildman–Crippen MR) is 88.9 cm³/mol. The van der Waals surface area contributed by atoms with Gasteiger partial charge in [-0.2, -0.15) is 0 Å². The van der Waals surface area contributed by atoms with Crippen molar-refractivity contribution >= 4 is 11.8 Å². The maximum Gasteiger partial charge on any atom is 0.253 e. The lowest BCUT2D eigenvalue weighted by atomic mass is 9.81. The quantitative estimate of drug-likeness (QED) is 0.832. The average molecular weight is 336 g/mol. The van der Waals surface area contributed by atoms with Gasteiger partial charge in [0.2, 0.25) is 5.91 Å². The van der Waals surface area contributed by atoms with Crippen molar-refractivity contribution in [2.45, 2.75) is 26.2 Å². The Bertz CT molecular complexity index is 562. The molecule has 0 spiro atoms. The summed E-state index contributed by atoms with van der Waals surface area (Å²) in [6, 6.07) is 5.60. The molecular weight excluding hydrogens is 311 g/mol. The molecule has 0 radical (unpaired) electrons. The number of piperidine rings is 1. The fraction of sp³-hybridized carbons (Fsp3) is 0.556. The minimum absolute atomic E-state index is 0.0502. The highest BCUT2D eigenvalue weighted by Crippen LogP contribution is 2.29. The van der Waals surface area contributed by atoms with Gasteiger partial charge in [-0.25, -0.2) is 4.39 Å². The number of rotatable bonds is 6. The first kappa shape index (κ1) is 18.4. The summed E-state index contributed by atoms with van der Waals surface area (Å²) in [5.41, 5.74) is 0.491. The Kier molecular flexibility index (Phi) is 6.73. The third-order valence-electron chi connectivity index (χ3n) is 4.68.